The van der Waals surface area contributed by atoms with Crippen LogP contribution in [-0.4, -0.2) is 17.6 Å². The Labute approximate surface area is 111 Å². The van der Waals surface area contributed by atoms with Gasteiger partial charge in [-0.2, -0.15) is 5.10 Å². The molecule has 0 aromatic carbocycles. The predicted molar refractivity (Wildman–Crippen MR) is 48.3 cm³/mol. The maximum absolute atomic E-state index is 10.9. The van der Waals surface area contributed by atoms with Crippen molar-refractivity contribution in [2.75, 3.05) is 0 Å². The molecular weight excluding hydrogens is 207 g/mol. The van der Waals surface area contributed by atoms with Crippen molar-refractivity contribution in [3.8, 4) is 0 Å². The van der Waals surface area contributed by atoms with Gasteiger partial charge < -0.3 is 9.90 Å². The fraction of sp³-hybridized carbons (Fsp3) is 0.667. The molecule has 6 heteroatoms. The van der Waals surface area contributed by atoms with Gasteiger partial charge in [0.25, 0.3) is 0 Å². The first-order valence-electron chi connectivity index (χ1n) is 4.72. The zero-order valence-corrected chi connectivity index (χ0v) is 10.9. The van der Waals surface area contributed by atoms with Gasteiger partial charge >= 0.3 is 29.6 Å². The Balaban J connectivity index is 0.00000196. The minimum atomic E-state index is -1.38. The van der Waals surface area contributed by atoms with E-state index < -0.39 is 18.3 Å². The minimum Gasteiger partial charge on any atom is -0.550 e. The predicted octanol–water partition coefficient (Wildman–Crippen LogP) is -3.43. The summed E-state index contributed by atoms with van der Waals surface area (Å²) in [6.45, 7) is 0. The van der Waals surface area contributed by atoms with E-state index in [2.05, 4.69) is 10.5 Å². The second-order valence-corrected chi connectivity index (χ2v) is 3.32. The number of aliphatic carboxylic acids is 1. The number of carbonyl (C=O) groups excluding carboxylic acids is 2. The van der Waals surface area contributed by atoms with Gasteiger partial charge in [0.05, 0.1) is 12.4 Å². The second-order valence-electron chi connectivity index (χ2n) is 3.32. The number of carbonyl (C=O) groups is 2. The van der Waals surface area contributed by atoms with Gasteiger partial charge in [0.1, 0.15) is 0 Å². The van der Waals surface area contributed by atoms with Crippen LogP contribution >= 0.6 is 0 Å². The largest absolute Gasteiger partial charge is 1.00 e. The zero-order valence-electron chi connectivity index (χ0n) is 8.91. The molecule has 0 heterocycles. The van der Waals surface area contributed by atoms with Crippen molar-refractivity contribution < 1.29 is 44.3 Å². The average molecular weight is 220 g/mol. The van der Waals surface area contributed by atoms with Crippen LogP contribution in [0.4, 0.5) is 0 Å². The van der Waals surface area contributed by atoms with Crippen molar-refractivity contribution in [1.82, 2.24) is 5.43 Å². The molecule has 1 amide bonds. The van der Waals surface area contributed by atoms with E-state index in [1.807, 2.05) is 0 Å². The van der Waals surface area contributed by atoms with Crippen LogP contribution in [0.3, 0.4) is 0 Å². The standard InChI is InChI=1S/C9H14N2O3.Na/c12-8(6-9(13)14)11-10-7-4-2-1-3-5-7;/h1-6H2,(H,11,12)(H,13,14);/q;+1/p-1. The first kappa shape index (κ1) is 14.6. The second kappa shape index (κ2) is 7.84. The van der Waals surface area contributed by atoms with E-state index >= 15 is 0 Å². The molecule has 0 saturated heterocycles. The fourth-order valence-corrected chi connectivity index (χ4v) is 1.38. The Morgan fingerprint density at radius 1 is 1.27 bits per heavy atom. The maximum Gasteiger partial charge on any atom is 1.00 e. The van der Waals surface area contributed by atoms with Gasteiger partial charge in [-0.15, -0.1) is 0 Å². The van der Waals surface area contributed by atoms with E-state index in [0.29, 0.717) is 0 Å². The van der Waals surface area contributed by atoms with Crippen LogP contribution in [0.2, 0.25) is 0 Å². The van der Waals surface area contributed by atoms with Crippen LogP contribution in [-0.2, 0) is 9.59 Å². The third-order valence-corrected chi connectivity index (χ3v) is 2.07. The number of rotatable bonds is 3. The van der Waals surface area contributed by atoms with Crippen molar-refractivity contribution in [1.29, 1.82) is 0 Å². The van der Waals surface area contributed by atoms with Gasteiger partial charge in [0, 0.05) is 5.71 Å². The zero-order chi connectivity index (χ0) is 10.4. The fourth-order valence-electron chi connectivity index (χ4n) is 1.38. The number of nitrogens with zero attached hydrogens (tertiary/aromatic N) is 1. The van der Waals surface area contributed by atoms with Crippen molar-refractivity contribution >= 4 is 17.6 Å². The number of hydrazone groups is 1. The van der Waals surface area contributed by atoms with Crippen LogP contribution in [0.15, 0.2) is 5.10 Å². The topological polar surface area (TPSA) is 81.6 Å². The summed E-state index contributed by atoms with van der Waals surface area (Å²) in [4.78, 5) is 20.9. The van der Waals surface area contributed by atoms with E-state index in [1.165, 1.54) is 6.42 Å². The normalized spacial score (nSPS) is 15.1. The summed E-state index contributed by atoms with van der Waals surface area (Å²) in [5.74, 6) is -2.01. The summed E-state index contributed by atoms with van der Waals surface area (Å²) in [5, 5.41) is 13.9. The summed E-state index contributed by atoms with van der Waals surface area (Å²) < 4.78 is 0. The SMILES string of the molecule is O=C([O-])CC(=O)NN=C1CCCCC1.[Na+]. The summed E-state index contributed by atoms with van der Waals surface area (Å²) in [6, 6.07) is 0. The van der Waals surface area contributed by atoms with Gasteiger partial charge in [-0.3, -0.25) is 4.79 Å². The van der Waals surface area contributed by atoms with Crippen LogP contribution < -0.4 is 40.1 Å². The first-order valence-corrected chi connectivity index (χ1v) is 4.72. The van der Waals surface area contributed by atoms with Crippen molar-refractivity contribution in [2.24, 2.45) is 5.10 Å². The summed E-state index contributed by atoms with van der Waals surface area (Å²) in [6.07, 6.45) is 4.55. The number of hydrogen-bond donors (Lipinski definition) is 1. The third kappa shape index (κ3) is 6.65. The van der Waals surface area contributed by atoms with Gasteiger partial charge in [-0.25, -0.2) is 5.43 Å². The van der Waals surface area contributed by atoms with E-state index in [4.69, 9.17) is 0 Å². The maximum atomic E-state index is 10.9. The van der Waals surface area contributed by atoms with Gasteiger partial charge in [-0.1, -0.05) is 6.42 Å². The molecule has 1 aliphatic rings. The number of amides is 1. The Hall–Kier alpha value is -0.390. The molecule has 1 N–H and O–H groups in total. The van der Waals surface area contributed by atoms with E-state index in [0.717, 1.165) is 31.4 Å². The van der Waals surface area contributed by atoms with Crippen LogP contribution in [0.25, 0.3) is 0 Å². The number of carboxylic acid groups (broad SMARTS) is 1. The molecule has 0 aromatic rings. The molecule has 0 atom stereocenters. The molecule has 0 radical (unpaired) electrons. The molecule has 0 unspecified atom stereocenters. The molecule has 0 aromatic heterocycles. The number of nitrogens with one attached hydrogen (secondary N) is 1. The molecule has 0 spiro atoms. The molecule has 78 valence electrons. The quantitative estimate of drug-likeness (QED) is 0.305. The van der Waals surface area contributed by atoms with Crippen LogP contribution in [0.5, 0.6) is 0 Å². The van der Waals surface area contributed by atoms with Crippen molar-refractivity contribution in [2.45, 2.75) is 38.5 Å². The Morgan fingerprint density at radius 2 is 1.87 bits per heavy atom. The Kier molecular flexibility index (Phi) is 7.64. The molecule has 1 aliphatic carbocycles. The van der Waals surface area contributed by atoms with Crippen molar-refractivity contribution in [3.63, 3.8) is 0 Å². The molecule has 5 nitrogen and oxygen atoms in total. The monoisotopic (exact) mass is 220 g/mol. The molecular formula is C9H13N2NaO3. The van der Waals surface area contributed by atoms with Crippen LogP contribution in [0.1, 0.15) is 38.5 Å². The molecule has 0 aliphatic heterocycles. The van der Waals surface area contributed by atoms with E-state index in [9.17, 15) is 14.7 Å². The van der Waals surface area contributed by atoms with Gasteiger partial charge in [-0.05, 0) is 25.7 Å². The van der Waals surface area contributed by atoms with Gasteiger partial charge in [0.15, 0.2) is 0 Å². The smallest absolute Gasteiger partial charge is 0.550 e. The van der Waals surface area contributed by atoms with Crippen molar-refractivity contribution in [3.05, 3.63) is 0 Å². The first-order chi connectivity index (χ1) is 6.68. The molecule has 0 bridgehead atoms. The Bertz CT molecular complexity index is 258. The van der Waals surface area contributed by atoms with E-state index in [1.54, 1.807) is 0 Å². The number of hydrogen-bond acceptors (Lipinski definition) is 4. The molecule has 1 rings (SSSR count). The number of carboxylic acids is 1. The Morgan fingerprint density at radius 3 is 2.40 bits per heavy atom. The molecule has 1 saturated carbocycles. The van der Waals surface area contributed by atoms with Crippen LogP contribution in [0, 0.1) is 0 Å². The summed E-state index contributed by atoms with van der Waals surface area (Å²) in [5.41, 5.74) is 3.16. The molecule has 15 heavy (non-hydrogen) atoms. The summed E-state index contributed by atoms with van der Waals surface area (Å²) in [7, 11) is 0. The minimum absolute atomic E-state index is 0. The average Bonchev–Trinajstić information content (AvgIpc) is 2.15. The van der Waals surface area contributed by atoms with Gasteiger partial charge in [0.2, 0.25) is 5.91 Å². The van der Waals surface area contributed by atoms with E-state index in [-0.39, 0.29) is 29.6 Å². The summed E-state index contributed by atoms with van der Waals surface area (Å²) >= 11 is 0. The third-order valence-electron chi connectivity index (χ3n) is 2.07. The molecule has 1 fully saturated rings.